The van der Waals surface area contributed by atoms with Crippen molar-refractivity contribution in [1.82, 2.24) is 10.6 Å². The van der Waals surface area contributed by atoms with Crippen LogP contribution < -0.4 is 16.4 Å². The minimum absolute atomic E-state index is 0. The van der Waals surface area contributed by atoms with Gasteiger partial charge in [-0.05, 0) is 24.7 Å². The second-order valence-electron chi connectivity index (χ2n) is 6.60. The van der Waals surface area contributed by atoms with Gasteiger partial charge >= 0.3 is 0 Å². The first-order chi connectivity index (χ1) is 10.0. The molecule has 5 nitrogen and oxygen atoms in total. The van der Waals surface area contributed by atoms with E-state index in [1.165, 1.54) is 25.7 Å². The minimum atomic E-state index is -0.152. The van der Waals surface area contributed by atoms with Gasteiger partial charge in [-0.25, -0.2) is 0 Å². The molecule has 2 amide bonds. The van der Waals surface area contributed by atoms with Crippen molar-refractivity contribution in [3.05, 3.63) is 0 Å². The van der Waals surface area contributed by atoms with Crippen LogP contribution in [0.4, 0.5) is 0 Å². The van der Waals surface area contributed by atoms with Gasteiger partial charge in [0.2, 0.25) is 11.8 Å². The average molecular weight is 334 g/mol. The maximum Gasteiger partial charge on any atom is 0.239 e. The number of nitrogens with one attached hydrogen (secondary N) is 2. The van der Waals surface area contributed by atoms with E-state index in [9.17, 15) is 9.59 Å². The first-order valence-corrected chi connectivity index (χ1v) is 8.27. The van der Waals surface area contributed by atoms with Crippen LogP contribution in [0, 0.1) is 11.8 Å². The Balaban J connectivity index is 0.00000441. The zero-order chi connectivity index (χ0) is 15.7. The molecule has 1 saturated carbocycles. The molecule has 1 aliphatic rings. The first kappa shape index (κ1) is 21.2. The summed E-state index contributed by atoms with van der Waals surface area (Å²) in [5, 5.41) is 5.57. The molecular weight excluding hydrogens is 302 g/mol. The summed E-state index contributed by atoms with van der Waals surface area (Å²) in [6.45, 7) is 4.68. The predicted octanol–water partition coefficient (Wildman–Crippen LogP) is 1.98. The summed E-state index contributed by atoms with van der Waals surface area (Å²) in [5.74, 6) is 1.02. The highest BCUT2D eigenvalue weighted by molar-refractivity contribution is 5.85. The van der Waals surface area contributed by atoms with E-state index < -0.39 is 0 Å². The third-order valence-electron chi connectivity index (χ3n) is 4.11. The fraction of sp³-hybridized carbons (Fsp3) is 0.875. The number of hydrogen-bond acceptors (Lipinski definition) is 3. The topological polar surface area (TPSA) is 84.2 Å². The summed E-state index contributed by atoms with van der Waals surface area (Å²) in [6, 6.07) is -0.00658. The molecule has 0 bridgehead atoms. The Labute approximate surface area is 140 Å². The summed E-state index contributed by atoms with van der Waals surface area (Å²) < 4.78 is 0. The summed E-state index contributed by atoms with van der Waals surface area (Å²) in [4.78, 5) is 23.5. The quantitative estimate of drug-likeness (QED) is 0.603. The van der Waals surface area contributed by atoms with Crippen LogP contribution in [-0.4, -0.2) is 30.9 Å². The summed E-state index contributed by atoms with van der Waals surface area (Å²) >= 11 is 0. The fourth-order valence-electron chi connectivity index (χ4n) is 2.96. The predicted molar refractivity (Wildman–Crippen MR) is 91.9 cm³/mol. The number of carbonyl (C=O) groups is 2. The van der Waals surface area contributed by atoms with Gasteiger partial charge in [-0.15, -0.1) is 12.4 Å². The molecule has 0 aromatic rings. The molecule has 1 atom stereocenters. The van der Waals surface area contributed by atoms with E-state index in [1.54, 1.807) is 0 Å². The van der Waals surface area contributed by atoms with Crippen molar-refractivity contribution in [1.29, 1.82) is 0 Å². The van der Waals surface area contributed by atoms with Gasteiger partial charge < -0.3 is 16.4 Å². The molecular formula is C16H32ClN3O2. The van der Waals surface area contributed by atoms with Gasteiger partial charge in [0.15, 0.2) is 0 Å². The zero-order valence-electron chi connectivity index (χ0n) is 13.9. The number of amides is 2. The SMILES string of the molecule is CC(C)CC(CN)NC(=O)CNC(=O)CCC1CCCC1.Cl. The van der Waals surface area contributed by atoms with E-state index in [2.05, 4.69) is 24.5 Å². The number of halogens is 1. The highest BCUT2D eigenvalue weighted by atomic mass is 35.5. The van der Waals surface area contributed by atoms with E-state index in [0.29, 0.717) is 24.8 Å². The van der Waals surface area contributed by atoms with Gasteiger partial charge in [-0.1, -0.05) is 39.5 Å². The second kappa shape index (κ2) is 11.7. The smallest absolute Gasteiger partial charge is 0.239 e. The molecule has 22 heavy (non-hydrogen) atoms. The Kier molecular flexibility index (Phi) is 11.3. The van der Waals surface area contributed by atoms with Crippen LogP contribution in [0.5, 0.6) is 0 Å². The van der Waals surface area contributed by atoms with Gasteiger partial charge in [0.25, 0.3) is 0 Å². The average Bonchev–Trinajstić information content (AvgIpc) is 2.94. The lowest BCUT2D eigenvalue weighted by Gasteiger charge is -2.19. The van der Waals surface area contributed by atoms with Crippen molar-refractivity contribution in [3.63, 3.8) is 0 Å². The summed E-state index contributed by atoms with van der Waals surface area (Å²) in [6.07, 6.45) is 7.44. The van der Waals surface area contributed by atoms with E-state index in [-0.39, 0.29) is 36.8 Å². The molecule has 1 fully saturated rings. The van der Waals surface area contributed by atoms with Gasteiger partial charge in [-0.2, -0.15) is 0 Å². The van der Waals surface area contributed by atoms with Crippen LogP contribution in [0.2, 0.25) is 0 Å². The van der Waals surface area contributed by atoms with Crippen molar-refractivity contribution in [2.24, 2.45) is 17.6 Å². The zero-order valence-corrected chi connectivity index (χ0v) is 14.7. The van der Waals surface area contributed by atoms with Gasteiger partial charge in [0.1, 0.15) is 0 Å². The number of nitrogens with two attached hydrogens (primary N) is 1. The molecule has 0 saturated heterocycles. The molecule has 4 N–H and O–H groups in total. The number of carbonyl (C=O) groups excluding carboxylic acids is 2. The van der Waals surface area contributed by atoms with E-state index in [4.69, 9.17) is 5.73 Å². The maximum atomic E-state index is 11.8. The van der Waals surface area contributed by atoms with Crippen LogP contribution >= 0.6 is 12.4 Å². The van der Waals surface area contributed by atoms with Crippen molar-refractivity contribution in [2.45, 2.75) is 64.8 Å². The van der Waals surface area contributed by atoms with Gasteiger partial charge in [0, 0.05) is 19.0 Å². The third-order valence-corrected chi connectivity index (χ3v) is 4.11. The Morgan fingerprint density at radius 2 is 1.82 bits per heavy atom. The molecule has 0 heterocycles. The highest BCUT2D eigenvalue weighted by Crippen LogP contribution is 2.28. The van der Waals surface area contributed by atoms with Crippen LogP contribution in [0.3, 0.4) is 0 Å². The fourth-order valence-corrected chi connectivity index (χ4v) is 2.96. The first-order valence-electron chi connectivity index (χ1n) is 8.27. The number of rotatable bonds is 9. The van der Waals surface area contributed by atoms with Crippen molar-refractivity contribution in [3.8, 4) is 0 Å². The Morgan fingerprint density at radius 1 is 1.18 bits per heavy atom. The van der Waals surface area contributed by atoms with Crippen molar-refractivity contribution in [2.75, 3.05) is 13.1 Å². The Bertz CT molecular complexity index is 331. The molecule has 1 unspecified atom stereocenters. The highest BCUT2D eigenvalue weighted by Gasteiger charge is 2.17. The minimum Gasteiger partial charge on any atom is -0.351 e. The lowest BCUT2D eigenvalue weighted by molar-refractivity contribution is -0.126. The molecule has 0 spiro atoms. The van der Waals surface area contributed by atoms with E-state index >= 15 is 0 Å². The van der Waals surface area contributed by atoms with Gasteiger partial charge in [-0.3, -0.25) is 9.59 Å². The third kappa shape index (κ3) is 9.26. The van der Waals surface area contributed by atoms with Crippen LogP contribution in [0.15, 0.2) is 0 Å². The van der Waals surface area contributed by atoms with E-state index in [0.717, 1.165) is 12.8 Å². The Hall–Kier alpha value is -0.810. The Morgan fingerprint density at radius 3 is 2.36 bits per heavy atom. The molecule has 0 aliphatic heterocycles. The van der Waals surface area contributed by atoms with E-state index in [1.807, 2.05) is 0 Å². The number of hydrogen-bond donors (Lipinski definition) is 3. The lowest BCUT2D eigenvalue weighted by Crippen LogP contribution is -2.45. The standard InChI is InChI=1S/C16H31N3O2.ClH/c1-12(2)9-14(10-17)19-16(21)11-18-15(20)8-7-13-5-3-4-6-13;/h12-14H,3-11,17H2,1-2H3,(H,18,20)(H,19,21);1H. The van der Waals surface area contributed by atoms with Crippen LogP contribution in [0.25, 0.3) is 0 Å². The molecule has 0 aromatic carbocycles. The normalized spacial score (nSPS) is 16.2. The maximum absolute atomic E-state index is 11.8. The second-order valence-corrected chi connectivity index (χ2v) is 6.60. The van der Waals surface area contributed by atoms with Crippen molar-refractivity contribution < 1.29 is 9.59 Å². The van der Waals surface area contributed by atoms with Crippen molar-refractivity contribution >= 4 is 24.2 Å². The molecule has 130 valence electrons. The van der Waals surface area contributed by atoms with Gasteiger partial charge in [0.05, 0.1) is 6.54 Å². The molecule has 1 aliphatic carbocycles. The molecule has 0 radical (unpaired) electrons. The molecule has 1 rings (SSSR count). The lowest BCUT2D eigenvalue weighted by atomic mass is 10.0. The van der Waals surface area contributed by atoms with Crippen LogP contribution in [-0.2, 0) is 9.59 Å². The summed E-state index contributed by atoms with van der Waals surface area (Å²) in [7, 11) is 0. The monoisotopic (exact) mass is 333 g/mol. The van der Waals surface area contributed by atoms with Crippen LogP contribution in [0.1, 0.15) is 58.8 Å². The molecule has 6 heteroatoms. The summed E-state index contributed by atoms with van der Waals surface area (Å²) in [5.41, 5.74) is 5.64. The largest absolute Gasteiger partial charge is 0.351 e. The molecule has 0 aromatic heterocycles.